The summed E-state index contributed by atoms with van der Waals surface area (Å²) < 4.78 is 0. The molecule has 0 fully saturated rings. The summed E-state index contributed by atoms with van der Waals surface area (Å²) in [6.45, 7) is 1.99. The van der Waals surface area contributed by atoms with Gasteiger partial charge in [0.05, 0.1) is 0 Å². The lowest BCUT2D eigenvalue weighted by Crippen LogP contribution is -2.14. The number of aryl methyl sites for hydroxylation is 2. The molecule has 1 aromatic heterocycles. The summed E-state index contributed by atoms with van der Waals surface area (Å²) in [4.78, 5) is 24.3. The second-order valence-electron chi connectivity index (χ2n) is 5.92. The Morgan fingerprint density at radius 1 is 0.963 bits per heavy atom. The van der Waals surface area contributed by atoms with Crippen molar-refractivity contribution >= 4 is 34.0 Å². The molecule has 2 N–H and O–H groups in total. The molecule has 2 amide bonds. The van der Waals surface area contributed by atoms with E-state index < -0.39 is 0 Å². The first-order chi connectivity index (χ1) is 13.1. The fraction of sp³-hybridized carbons (Fsp3) is 0.200. The van der Waals surface area contributed by atoms with Gasteiger partial charge < -0.3 is 5.32 Å². The molecule has 6 nitrogen and oxygen atoms in total. The van der Waals surface area contributed by atoms with E-state index in [1.807, 2.05) is 37.3 Å². The summed E-state index contributed by atoms with van der Waals surface area (Å²) in [5.74, 6) is -0.312. The van der Waals surface area contributed by atoms with E-state index in [4.69, 9.17) is 0 Å². The Morgan fingerprint density at radius 2 is 1.70 bits per heavy atom. The van der Waals surface area contributed by atoms with Crippen molar-refractivity contribution in [3.8, 4) is 0 Å². The highest BCUT2D eigenvalue weighted by Crippen LogP contribution is 2.17. The number of anilines is 2. The van der Waals surface area contributed by atoms with E-state index in [0.717, 1.165) is 17.0 Å². The van der Waals surface area contributed by atoms with Crippen LogP contribution in [0.2, 0.25) is 0 Å². The molecule has 7 heteroatoms. The Morgan fingerprint density at radius 3 is 2.37 bits per heavy atom. The molecule has 1 heterocycles. The summed E-state index contributed by atoms with van der Waals surface area (Å²) in [6.07, 6.45) is 1.88. The minimum atomic E-state index is -0.254. The van der Waals surface area contributed by atoms with E-state index in [-0.39, 0.29) is 11.8 Å². The molecular weight excluding hydrogens is 360 g/mol. The predicted octanol–water partition coefficient (Wildman–Crippen LogP) is 3.92. The van der Waals surface area contributed by atoms with Crippen LogP contribution < -0.4 is 10.6 Å². The number of hydrogen-bond donors (Lipinski definition) is 2. The van der Waals surface area contributed by atoms with Gasteiger partial charge in [-0.15, -0.1) is 10.2 Å². The van der Waals surface area contributed by atoms with Gasteiger partial charge in [0.25, 0.3) is 5.91 Å². The summed E-state index contributed by atoms with van der Waals surface area (Å²) in [7, 11) is 0. The molecule has 0 aliphatic carbocycles. The fourth-order valence-corrected chi connectivity index (χ4v) is 3.12. The Hall–Kier alpha value is -3.06. The molecule has 0 saturated carbocycles. The van der Waals surface area contributed by atoms with E-state index >= 15 is 0 Å². The summed E-state index contributed by atoms with van der Waals surface area (Å²) >= 11 is 1.36. The van der Waals surface area contributed by atoms with Gasteiger partial charge in [0.1, 0.15) is 5.01 Å². The van der Waals surface area contributed by atoms with Crippen LogP contribution in [0, 0.1) is 0 Å². The standard InChI is InChI=1S/C20H20N4O2S/c1-2-18-23-24-20(27-18)22-19(26)15-9-11-16(12-10-15)21-17(25)13-8-14-6-4-3-5-7-14/h3-7,9-12H,2,8,13H2,1H3,(H,21,25)(H,22,24,26). The molecule has 27 heavy (non-hydrogen) atoms. The minimum Gasteiger partial charge on any atom is -0.326 e. The van der Waals surface area contributed by atoms with Crippen LogP contribution >= 0.6 is 11.3 Å². The highest BCUT2D eigenvalue weighted by Gasteiger charge is 2.10. The predicted molar refractivity (Wildman–Crippen MR) is 107 cm³/mol. The van der Waals surface area contributed by atoms with Gasteiger partial charge >= 0.3 is 0 Å². The maximum Gasteiger partial charge on any atom is 0.257 e. The van der Waals surface area contributed by atoms with Crippen molar-refractivity contribution in [2.45, 2.75) is 26.2 Å². The number of carbonyl (C=O) groups excluding carboxylic acids is 2. The third-order valence-corrected chi connectivity index (χ3v) is 4.89. The van der Waals surface area contributed by atoms with Gasteiger partial charge in [-0.1, -0.05) is 48.6 Å². The SMILES string of the molecule is CCc1nnc(NC(=O)c2ccc(NC(=O)CCc3ccccc3)cc2)s1. The molecule has 0 saturated heterocycles. The van der Waals surface area contributed by atoms with Crippen LogP contribution in [-0.4, -0.2) is 22.0 Å². The van der Waals surface area contributed by atoms with E-state index in [1.54, 1.807) is 24.3 Å². The van der Waals surface area contributed by atoms with Crippen molar-refractivity contribution < 1.29 is 9.59 Å². The molecular formula is C20H20N4O2S. The zero-order valence-corrected chi connectivity index (χ0v) is 15.8. The first kappa shape index (κ1) is 18.7. The monoisotopic (exact) mass is 380 g/mol. The molecule has 3 aromatic rings. The van der Waals surface area contributed by atoms with E-state index in [1.165, 1.54) is 11.3 Å². The van der Waals surface area contributed by atoms with Crippen LogP contribution in [-0.2, 0) is 17.6 Å². The molecule has 0 radical (unpaired) electrons. The number of rotatable bonds is 7. The molecule has 0 bridgehead atoms. The molecule has 0 aliphatic heterocycles. The lowest BCUT2D eigenvalue weighted by molar-refractivity contribution is -0.116. The third kappa shape index (κ3) is 5.46. The summed E-state index contributed by atoms with van der Waals surface area (Å²) in [6, 6.07) is 16.6. The van der Waals surface area contributed by atoms with Crippen LogP contribution in [0.5, 0.6) is 0 Å². The van der Waals surface area contributed by atoms with Gasteiger partial charge in [-0.3, -0.25) is 14.9 Å². The minimum absolute atomic E-state index is 0.0583. The molecule has 0 atom stereocenters. The van der Waals surface area contributed by atoms with Gasteiger partial charge in [0, 0.05) is 17.7 Å². The van der Waals surface area contributed by atoms with Crippen molar-refractivity contribution in [2.24, 2.45) is 0 Å². The van der Waals surface area contributed by atoms with Crippen molar-refractivity contribution in [1.82, 2.24) is 10.2 Å². The first-order valence-corrected chi connectivity index (χ1v) is 9.53. The fourth-order valence-electron chi connectivity index (χ4n) is 2.45. The number of nitrogens with one attached hydrogen (secondary N) is 2. The van der Waals surface area contributed by atoms with Crippen molar-refractivity contribution in [3.63, 3.8) is 0 Å². The topological polar surface area (TPSA) is 84.0 Å². The normalized spacial score (nSPS) is 10.4. The van der Waals surface area contributed by atoms with Gasteiger partial charge in [-0.05, 0) is 42.7 Å². The van der Waals surface area contributed by atoms with Crippen LogP contribution in [0.1, 0.15) is 34.3 Å². The van der Waals surface area contributed by atoms with Crippen LogP contribution in [0.3, 0.4) is 0 Å². The smallest absolute Gasteiger partial charge is 0.257 e. The molecule has 2 aromatic carbocycles. The van der Waals surface area contributed by atoms with Crippen molar-refractivity contribution in [2.75, 3.05) is 10.6 Å². The lowest BCUT2D eigenvalue weighted by Gasteiger charge is -2.07. The van der Waals surface area contributed by atoms with Gasteiger partial charge in [0.2, 0.25) is 11.0 Å². The number of nitrogens with zero attached hydrogens (tertiary/aromatic N) is 2. The van der Waals surface area contributed by atoms with Gasteiger partial charge in [-0.2, -0.15) is 0 Å². The Balaban J connectivity index is 1.51. The molecule has 3 rings (SSSR count). The van der Waals surface area contributed by atoms with Crippen LogP contribution in [0.4, 0.5) is 10.8 Å². The second-order valence-corrected chi connectivity index (χ2v) is 6.98. The number of hydrogen-bond acceptors (Lipinski definition) is 5. The van der Waals surface area contributed by atoms with Crippen molar-refractivity contribution in [3.05, 3.63) is 70.7 Å². The number of amides is 2. The van der Waals surface area contributed by atoms with Crippen molar-refractivity contribution in [1.29, 1.82) is 0 Å². The zero-order chi connectivity index (χ0) is 19.1. The van der Waals surface area contributed by atoms with E-state index in [9.17, 15) is 9.59 Å². The van der Waals surface area contributed by atoms with Gasteiger partial charge in [0.15, 0.2) is 0 Å². The second kappa shape index (κ2) is 9.05. The highest BCUT2D eigenvalue weighted by atomic mass is 32.1. The highest BCUT2D eigenvalue weighted by molar-refractivity contribution is 7.15. The zero-order valence-electron chi connectivity index (χ0n) is 14.9. The van der Waals surface area contributed by atoms with E-state index in [2.05, 4.69) is 20.8 Å². The Bertz CT molecular complexity index is 907. The number of benzene rings is 2. The summed E-state index contributed by atoms with van der Waals surface area (Å²) in [5.41, 5.74) is 2.28. The quantitative estimate of drug-likeness (QED) is 0.651. The van der Waals surface area contributed by atoms with Crippen LogP contribution in [0.15, 0.2) is 54.6 Å². The molecule has 0 unspecified atom stereocenters. The summed E-state index contributed by atoms with van der Waals surface area (Å²) in [5, 5.41) is 14.8. The Kier molecular flexibility index (Phi) is 6.27. The first-order valence-electron chi connectivity index (χ1n) is 8.71. The van der Waals surface area contributed by atoms with Crippen LogP contribution in [0.25, 0.3) is 0 Å². The molecule has 138 valence electrons. The molecule has 0 aliphatic rings. The largest absolute Gasteiger partial charge is 0.326 e. The maximum absolute atomic E-state index is 12.2. The van der Waals surface area contributed by atoms with E-state index in [0.29, 0.717) is 29.2 Å². The van der Waals surface area contributed by atoms with Gasteiger partial charge in [-0.25, -0.2) is 0 Å². The average molecular weight is 380 g/mol. The lowest BCUT2D eigenvalue weighted by atomic mass is 10.1. The average Bonchev–Trinajstić information content (AvgIpc) is 3.15. The molecule has 0 spiro atoms. The maximum atomic E-state index is 12.2. The third-order valence-electron chi connectivity index (χ3n) is 3.90. The Labute approximate surface area is 161 Å². The number of aromatic nitrogens is 2. The number of carbonyl (C=O) groups is 2.